The first-order valence-corrected chi connectivity index (χ1v) is 12.0. The molecular weight excluding hydrogens is 327 g/mol. The standard InChI is InChI=1S/3C7H13O.Al/c3*1-7(2,8)6-4-3-5-6;/h3*6H,3-5H2,1-2H3;/q3*-1;+3. The monoisotopic (exact) mass is 366 g/mol. The summed E-state index contributed by atoms with van der Waals surface area (Å²) in [7, 11) is 0. The van der Waals surface area contributed by atoms with Crippen molar-refractivity contribution in [3.63, 3.8) is 0 Å². The van der Waals surface area contributed by atoms with Gasteiger partial charge in [0.15, 0.2) is 0 Å². The maximum absolute atomic E-state index is 6.65. The van der Waals surface area contributed by atoms with Crippen LogP contribution in [0.2, 0.25) is 0 Å². The Kier molecular flexibility index (Phi) is 6.00. The first-order chi connectivity index (χ1) is 11.6. The summed E-state index contributed by atoms with van der Waals surface area (Å²) in [5.41, 5.74) is -0.373. The lowest BCUT2D eigenvalue weighted by molar-refractivity contribution is -0.124. The zero-order chi connectivity index (χ0) is 18.3. The van der Waals surface area contributed by atoms with Crippen LogP contribution >= 0.6 is 0 Å². The van der Waals surface area contributed by atoms with E-state index in [-0.39, 0.29) is 16.8 Å². The summed E-state index contributed by atoms with van der Waals surface area (Å²) in [5.74, 6) is 1.98. The summed E-state index contributed by atoms with van der Waals surface area (Å²) >= 11 is -2.22. The molecule has 0 radical (unpaired) electrons. The van der Waals surface area contributed by atoms with Crippen LogP contribution in [-0.2, 0) is 11.4 Å². The van der Waals surface area contributed by atoms with E-state index in [4.69, 9.17) is 11.4 Å². The van der Waals surface area contributed by atoms with Gasteiger partial charge < -0.3 is 11.4 Å². The molecule has 3 rings (SSSR count). The van der Waals surface area contributed by atoms with Gasteiger partial charge >= 0.3 is 15.1 Å². The van der Waals surface area contributed by atoms with Crippen molar-refractivity contribution >= 4 is 15.1 Å². The highest BCUT2D eigenvalue weighted by atomic mass is 27.3. The van der Waals surface area contributed by atoms with Crippen LogP contribution in [0.4, 0.5) is 0 Å². The Morgan fingerprint density at radius 3 is 0.920 bits per heavy atom. The molecule has 0 spiro atoms. The van der Waals surface area contributed by atoms with E-state index in [1.807, 2.05) is 0 Å². The fraction of sp³-hybridized carbons (Fsp3) is 1.00. The molecule has 0 amide bonds. The van der Waals surface area contributed by atoms with Crippen LogP contribution < -0.4 is 0 Å². The Hall–Kier alpha value is 0.412. The fourth-order valence-corrected chi connectivity index (χ4v) is 6.62. The zero-order valence-electron chi connectivity index (χ0n) is 17.4. The smallest absolute Gasteiger partial charge is 0.449 e. The summed E-state index contributed by atoms with van der Waals surface area (Å²) in [5, 5.41) is 0. The van der Waals surface area contributed by atoms with Crippen molar-refractivity contribution in [1.29, 1.82) is 0 Å². The van der Waals surface area contributed by atoms with E-state index in [0.717, 1.165) is 0 Å². The lowest BCUT2D eigenvalue weighted by atomic mass is 9.75. The van der Waals surface area contributed by atoms with Gasteiger partial charge in [0, 0.05) is 16.8 Å². The highest BCUT2D eigenvalue weighted by Gasteiger charge is 2.51. The van der Waals surface area contributed by atoms with Crippen molar-refractivity contribution in [2.24, 2.45) is 17.8 Å². The average molecular weight is 367 g/mol. The molecule has 0 atom stereocenters. The van der Waals surface area contributed by atoms with Gasteiger partial charge in [0.2, 0.25) is 0 Å². The second-order valence-electron chi connectivity index (χ2n) is 10.3. The molecule has 3 saturated carbocycles. The third-order valence-electron chi connectivity index (χ3n) is 7.46. The highest BCUT2D eigenvalue weighted by molar-refractivity contribution is 6.36. The molecule has 0 N–H and O–H groups in total. The fourth-order valence-electron chi connectivity index (χ4n) is 4.42. The van der Waals surface area contributed by atoms with E-state index < -0.39 is 15.1 Å². The molecule has 0 unspecified atom stereocenters. The molecule has 3 aliphatic rings. The molecule has 3 fully saturated rings. The molecule has 4 heteroatoms. The normalized spacial score (nSPS) is 23.8. The van der Waals surface area contributed by atoms with Gasteiger partial charge in [-0.05, 0) is 97.8 Å². The quantitative estimate of drug-likeness (QED) is 0.486. The lowest BCUT2D eigenvalue weighted by Gasteiger charge is -2.48. The van der Waals surface area contributed by atoms with Crippen molar-refractivity contribution in [3.8, 4) is 0 Å². The van der Waals surface area contributed by atoms with E-state index in [0.29, 0.717) is 17.8 Å². The molecule has 25 heavy (non-hydrogen) atoms. The van der Waals surface area contributed by atoms with Crippen LogP contribution in [0, 0.1) is 17.8 Å². The average Bonchev–Trinajstić information content (AvgIpc) is 2.14. The van der Waals surface area contributed by atoms with Crippen LogP contribution in [-0.4, -0.2) is 32.0 Å². The predicted octanol–water partition coefficient (Wildman–Crippen LogP) is 5.76. The largest absolute Gasteiger partial charge is 0.906 e. The Bertz CT molecular complexity index is 381. The third-order valence-corrected chi connectivity index (χ3v) is 9.86. The maximum atomic E-state index is 6.65. The lowest BCUT2D eigenvalue weighted by Crippen LogP contribution is -2.54. The minimum absolute atomic E-state index is 0.124. The van der Waals surface area contributed by atoms with Gasteiger partial charge in [-0.15, -0.1) is 0 Å². The maximum Gasteiger partial charge on any atom is 0.906 e. The molecule has 0 heterocycles. The summed E-state index contributed by atoms with van der Waals surface area (Å²) in [6, 6.07) is 0. The molecule has 0 saturated heterocycles. The van der Waals surface area contributed by atoms with Gasteiger partial charge in [0.1, 0.15) is 0 Å². The second-order valence-corrected chi connectivity index (χ2v) is 11.6. The molecule has 0 aromatic carbocycles. The van der Waals surface area contributed by atoms with Gasteiger partial charge in [-0.25, -0.2) is 0 Å². The van der Waals surface area contributed by atoms with Gasteiger partial charge in [-0.1, -0.05) is 19.3 Å². The highest BCUT2D eigenvalue weighted by Crippen LogP contribution is 2.43. The van der Waals surface area contributed by atoms with Gasteiger partial charge in [0.05, 0.1) is 0 Å². The van der Waals surface area contributed by atoms with Crippen molar-refractivity contribution in [2.45, 2.75) is 116 Å². The minimum atomic E-state index is -2.22. The van der Waals surface area contributed by atoms with Gasteiger partial charge in [-0.2, -0.15) is 0 Å². The molecule has 0 aliphatic heterocycles. The van der Waals surface area contributed by atoms with Crippen molar-refractivity contribution in [1.82, 2.24) is 0 Å². The molecule has 144 valence electrons. The molecule has 3 nitrogen and oxygen atoms in total. The first-order valence-electron chi connectivity index (χ1n) is 10.6. The van der Waals surface area contributed by atoms with Crippen LogP contribution in [0.3, 0.4) is 0 Å². The SMILES string of the molecule is CC(C)([O][Al]([O]C(C)(C)C1CCC1)[O]C(C)(C)C1CCC1)C1CCC1. The number of rotatable bonds is 9. The molecule has 0 aromatic rings. The van der Waals surface area contributed by atoms with E-state index in [1.165, 1.54) is 57.8 Å². The van der Waals surface area contributed by atoms with Crippen LogP contribution in [0.15, 0.2) is 0 Å². The second kappa shape index (κ2) is 7.44. The molecule has 3 aliphatic carbocycles. The van der Waals surface area contributed by atoms with Crippen LogP contribution in [0.25, 0.3) is 0 Å². The zero-order valence-corrected chi connectivity index (χ0v) is 18.6. The van der Waals surface area contributed by atoms with Gasteiger partial charge in [0.25, 0.3) is 0 Å². The third kappa shape index (κ3) is 4.64. The first kappa shape index (κ1) is 20.2. The molecule has 0 aromatic heterocycles. The summed E-state index contributed by atoms with van der Waals surface area (Å²) in [4.78, 5) is 0. The molecular formula is C21H39AlO3. The van der Waals surface area contributed by atoms with Crippen molar-refractivity contribution < 1.29 is 11.4 Å². The van der Waals surface area contributed by atoms with Gasteiger partial charge in [-0.3, -0.25) is 0 Å². The van der Waals surface area contributed by atoms with Crippen LogP contribution in [0.5, 0.6) is 0 Å². The van der Waals surface area contributed by atoms with Crippen molar-refractivity contribution in [2.75, 3.05) is 0 Å². The Balaban J connectivity index is 1.68. The predicted molar refractivity (Wildman–Crippen MR) is 103 cm³/mol. The van der Waals surface area contributed by atoms with E-state index in [2.05, 4.69) is 41.5 Å². The van der Waals surface area contributed by atoms with E-state index in [9.17, 15) is 0 Å². The Morgan fingerprint density at radius 2 is 0.760 bits per heavy atom. The van der Waals surface area contributed by atoms with Crippen molar-refractivity contribution in [3.05, 3.63) is 0 Å². The summed E-state index contributed by atoms with van der Waals surface area (Å²) in [6.07, 6.45) is 11.7. The minimum Gasteiger partial charge on any atom is -0.449 e. The number of hydrogen-bond donors (Lipinski definition) is 0. The Morgan fingerprint density at radius 1 is 0.520 bits per heavy atom. The summed E-state index contributed by atoms with van der Waals surface area (Å²) in [6.45, 7) is 13.5. The summed E-state index contributed by atoms with van der Waals surface area (Å²) < 4.78 is 19.9. The number of hydrogen-bond acceptors (Lipinski definition) is 3. The van der Waals surface area contributed by atoms with E-state index in [1.54, 1.807) is 0 Å². The topological polar surface area (TPSA) is 27.7 Å². The molecule has 0 bridgehead atoms. The Labute approximate surface area is 160 Å². The van der Waals surface area contributed by atoms with Crippen LogP contribution in [0.1, 0.15) is 99.3 Å². The van der Waals surface area contributed by atoms with E-state index >= 15 is 0 Å².